The summed E-state index contributed by atoms with van der Waals surface area (Å²) in [6, 6.07) is 0. The van der Waals surface area contributed by atoms with E-state index >= 15 is 0 Å². The van der Waals surface area contributed by atoms with E-state index in [9.17, 15) is 4.79 Å². The van der Waals surface area contributed by atoms with E-state index in [-0.39, 0.29) is 0 Å². The molecule has 2 aliphatic carbocycles. The fourth-order valence-electron chi connectivity index (χ4n) is 1.96. The molecule has 0 aliphatic heterocycles. The molecule has 0 saturated heterocycles. The maximum absolute atomic E-state index is 11.9. The number of amides is 1. The number of hydrogen-bond acceptors (Lipinski definition) is 1. The van der Waals surface area contributed by atoms with Crippen LogP contribution < -0.4 is 0 Å². The second kappa shape index (κ2) is 3.56. The van der Waals surface area contributed by atoms with Gasteiger partial charge in [0, 0.05) is 19.0 Å². The molecular weight excluding hydrogens is 174 g/mol. The van der Waals surface area contributed by atoms with Crippen molar-refractivity contribution in [1.82, 2.24) is 4.90 Å². The lowest BCUT2D eigenvalue weighted by atomic mass is 10.1. The van der Waals surface area contributed by atoms with Crippen LogP contribution in [0.3, 0.4) is 0 Å². The Morgan fingerprint density at radius 3 is 2.50 bits per heavy atom. The molecule has 2 aliphatic rings. The van der Waals surface area contributed by atoms with Gasteiger partial charge in [-0.25, -0.2) is 0 Å². The number of rotatable bonds is 5. The highest BCUT2D eigenvalue weighted by atomic mass is 16.2. The first-order valence-electron chi connectivity index (χ1n) is 5.93. The summed E-state index contributed by atoms with van der Waals surface area (Å²) < 4.78 is 0. The van der Waals surface area contributed by atoms with Gasteiger partial charge in [0.1, 0.15) is 0 Å². The summed E-state index contributed by atoms with van der Waals surface area (Å²) in [6.45, 7) is 6.43. The van der Waals surface area contributed by atoms with Crippen LogP contribution in [0.1, 0.15) is 46.0 Å². The third-order valence-electron chi connectivity index (χ3n) is 3.41. The van der Waals surface area contributed by atoms with Crippen LogP contribution in [0.4, 0.5) is 0 Å². The van der Waals surface area contributed by atoms with Gasteiger partial charge in [-0.15, -0.1) is 0 Å². The molecule has 0 spiro atoms. The minimum atomic E-state index is 0.392. The molecule has 0 radical (unpaired) electrons. The lowest BCUT2D eigenvalue weighted by molar-refractivity contribution is -0.133. The van der Waals surface area contributed by atoms with Crippen LogP contribution in [0, 0.1) is 11.3 Å². The average Bonchev–Trinajstić information content (AvgIpc) is 2.99. The molecular formula is C12H21NO. The molecule has 0 heterocycles. The zero-order valence-corrected chi connectivity index (χ0v) is 9.38. The molecule has 1 amide bonds. The lowest BCUT2D eigenvalue weighted by Crippen LogP contribution is -2.37. The van der Waals surface area contributed by atoms with Gasteiger partial charge in [0.15, 0.2) is 0 Å². The first-order valence-corrected chi connectivity index (χ1v) is 5.93. The van der Waals surface area contributed by atoms with Crippen molar-refractivity contribution >= 4 is 5.91 Å². The van der Waals surface area contributed by atoms with E-state index in [2.05, 4.69) is 18.7 Å². The predicted octanol–water partition coefficient (Wildman–Crippen LogP) is 2.44. The van der Waals surface area contributed by atoms with Gasteiger partial charge in [0.25, 0.3) is 0 Å². The quantitative estimate of drug-likeness (QED) is 0.660. The average molecular weight is 195 g/mol. The second-order valence-electron chi connectivity index (χ2n) is 5.34. The van der Waals surface area contributed by atoms with E-state index in [1.807, 2.05) is 0 Å². The van der Waals surface area contributed by atoms with Gasteiger partial charge in [-0.2, -0.15) is 0 Å². The van der Waals surface area contributed by atoms with Gasteiger partial charge < -0.3 is 4.90 Å². The van der Waals surface area contributed by atoms with Crippen LogP contribution >= 0.6 is 0 Å². The van der Waals surface area contributed by atoms with Crippen molar-refractivity contribution in [2.75, 3.05) is 13.1 Å². The van der Waals surface area contributed by atoms with Crippen molar-refractivity contribution in [2.24, 2.45) is 11.3 Å². The normalized spacial score (nSPS) is 23.3. The Hall–Kier alpha value is -0.530. The minimum Gasteiger partial charge on any atom is -0.342 e. The zero-order valence-electron chi connectivity index (χ0n) is 9.38. The van der Waals surface area contributed by atoms with Crippen molar-refractivity contribution in [3.63, 3.8) is 0 Å². The van der Waals surface area contributed by atoms with Crippen LogP contribution in [-0.2, 0) is 4.79 Å². The Kier molecular flexibility index (Phi) is 2.54. The molecule has 2 rings (SSSR count). The van der Waals surface area contributed by atoms with E-state index < -0.39 is 0 Å². The first-order chi connectivity index (χ1) is 6.64. The minimum absolute atomic E-state index is 0.392. The summed E-state index contributed by atoms with van der Waals surface area (Å²) in [5.41, 5.74) is 0.472. The molecule has 80 valence electrons. The molecule has 0 N–H and O–H groups in total. The summed E-state index contributed by atoms with van der Waals surface area (Å²) in [4.78, 5) is 14.0. The van der Waals surface area contributed by atoms with Crippen LogP contribution in [0.15, 0.2) is 0 Å². The molecule has 14 heavy (non-hydrogen) atoms. The number of nitrogens with zero attached hydrogens (tertiary/aromatic N) is 1. The van der Waals surface area contributed by atoms with Crippen LogP contribution in [0.25, 0.3) is 0 Å². The molecule has 2 saturated carbocycles. The molecule has 0 aromatic heterocycles. The largest absolute Gasteiger partial charge is 0.342 e. The smallest absolute Gasteiger partial charge is 0.225 e. The summed E-state index contributed by atoms with van der Waals surface area (Å²) in [5, 5.41) is 0. The molecule has 2 nitrogen and oxygen atoms in total. The Balaban J connectivity index is 1.88. The molecule has 2 heteroatoms. The van der Waals surface area contributed by atoms with Crippen molar-refractivity contribution in [1.29, 1.82) is 0 Å². The highest BCUT2D eigenvalue weighted by Crippen LogP contribution is 2.46. The van der Waals surface area contributed by atoms with Crippen LogP contribution in [0.5, 0.6) is 0 Å². The number of carbonyl (C=O) groups is 1. The molecule has 0 atom stereocenters. The summed E-state index contributed by atoms with van der Waals surface area (Å²) in [6.07, 6.45) is 5.98. The monoisotopic (exact) mass is 195 g/mol. The maximum Gasteiger partial charge on any atom is 0.225 e. The van der Waals surface area contributed by atoms with E-state index in [1.165, 1.54) is 12.8 Å². The Labute approximate surface area is 86.7 Å². The number of carbonyl (C=O) groups excluding carboxylic acids is 1. The molecule has 0 aromatic carbocycles. The SMILES string of the molecule is CCCN(CC1(C)CC1)C(=O)C1CC1. The van der Waals surface area contributed by atoms with Crippen molar-refractivity contribution in [3.05, 3.63) is 0 Å². The first kappa shape index (κ1) is 10.0. The fraction of sp³-hybridized carbons (Fsp3) is 0.917. The van der Waals surface area contributed by atoms with E-state index in [0.29, 0.717) is 17.2 Å². The van der Waals surface area contributed by atoms with Crippen molar-refractivity contribution in [3.8, 4) is 0 Å². The maximum atomic E-state index is 11.9. The summed E-state index contributed by atoms with van der Waals surface area (Å²) in [5.74, 6) is 0.823. The van der Waals surface area contributed by atoms with Crippen LogP contribution in [0.2, 0.25) is 0 Å². The highest BCUT2D eigenvalue weighted by Gasteiger charge is 2.42. The molecule has 0 aromatic rings. The van der Waals surface area contributed by atoms with E-state index in [0.717, 1.165) is 32.4 Å². The summed E-state index contributed by atoms with van der Waals surface area (Å²) in [7, 11) is 0. The zero-order chi connectivity index (χ0) is 10.2. The van der Waals surface area contributed by atoms with Crippen molar-refractivity contribution in [2.45, 2.75) is 46.0 Å². The van der Waals surface area contributed by atoms with Crippen LogP contribution in [-0.4, -0.2) is 23.9 Å². The molecule has 0 unspecified atom stereocenters. The Morgan fingerprint density at radius 2 is 2.07 bits per heavy atom. The highest BCUT2D eigenvalue weighted by molar-refractivity contribution is 5.81. The number of hydrogen-bond donors (Lipinski definition) is 0. The third-order valence-corrected chi connectivity index (χ3v) is 3.41. The van der Waals surface area contributed by atoms with Crippen molar-refractivity contribution < 1.29 is 4.79 Å². The Bertz CT molecular complexity index is 228. The van der Waals surface area contributed by atoms with Gasteiger partial charge in [0.2, 0.25) is 5.91 Å². The second-order valence-corrected chi connectivity index (χ2v) is 5.34. The predicted molar refractivity (Wildman–Crippen MR) is 56.9 cm³/mol. The lowest BCUT2D eigenvalue weighted by Gasteiger charge is -2.25. The third kappa shape index (κ3) is 2.28. The standard InChI is InChI=1S/C12H21NO/c1-3-8-13(9-12(2)6-7-12)11(14)10-4-5-10/h10H,3-9H2,1-2H3. The Morgan fingerprint density at radius 1 is 1.43 bits per heavy atom. The van der Waals surface area contributed by atoms with Gasteiger partial charge in [-0.05, 0) is 37.5 Å². The molecule has 2 fully saturated rings. The topological polar surface area (TPSA) is 20.3 Å². The van der Waals surface area contributed by atoms with E-state index in [4.69, 9.17) is 0 Å². The molecule has 0 bridgehead atoms. The van der Waals surface area contributed by atoms with Gasteiger partial charge in [-0.3, -0.25) is 4.79 Å². The summed E-state index contributed by atoms with van der Waals surface area (Å²) >= 11 is 0. The van der Waals surface area contributed by atoms with E-state index in [1.54, 1.807) is 0 Å². The van der Waals surface area contributed by atoms with Gasteiger partial charge >= 0.3 is 0 Å². The fourth-order valence-corrected chi connectivity index (χ4v) is 1.96. The van der Waals surface area contributed by atoms with Gasteiger partial charge in [-0.1, -0.05) is 13.8 Å². The van der Waals surface area contributed by atoms with Gasteiger partial charge in [0.05, 0.1) is 0 Å².